The number of rotatable bonds is 20. The van der Waals surface area contributed by atoms with E-state index in [9.17, 15) is 34.2 Å². The number of carbonyl (C=O) groups is 5. The third-order valence-electron chi connectivity index (χ3n) is 6.15. The van der Waals surface area contributed by atoms with Crippen LogP contribution in [0.15, 0.2) is 29.3 Å². The van der Waals surface area contributed by atoms with Crippen molar-refractivity contribution >= 4 is 35.6 Å². The van der Waals surface area contributed by atoms with Crippen LogP contribution in [-0.2, 0) is 30.4 Å². The number of phenols is 1. The van der Waals surface area contributed by atoms with Gasteiger partial charge in [-0.25, -0.2) is 4.79 Å². The number of guanidine groups is 1. The van der Waals surface area contributed by atoms with Crippen molar-refractivity contribution in [2.45, 2.75) is 75.5 Å². The van der Waals surface area contributed by atoms with Crippen molar-refractivity contribution in [1.82, 2.24) is 16.0 Å². The highest BCUT2D eigenvalue weighted by Gasteiger charge is 2.30. The highest BCUT2D eigenvalue weighted by Crippen LogP contribution is 2.12. The largest absolute Gasteiger partial charge is 0.508 e. The van der Waals surface area contributed by atoms with Gasteiger partial charge in [-0.1, -0.05) is 12.1 Å². The second-order valence-corrected chi connectivity index (χ2v) is 9.66. The zero-order chi connectivity index (χ0) is 31.7. The number of carbonyl (C=O) groups excluding carboxylic acids is 3. The summed E-state index contributed by atoms with van der Waals surface area (Å²) in [6.45, 7) is 0.580. The molecule has 42 heavy (non-hydrogen) atoms. The molecule has 0 heterocycles. The van der Waals surface area contributed by atoms with Gasteiger partial charge in [-0.15, -0.1) is 0 Å². The van der Waals surface area contributed by atoms with E-state index in [0.29, 0.717) is 31.4 Å². The van der Waals surface area contributed by atoms with Gasteiger partial charge in [0.1, 0.15) is 23.9 Å². The summed E-state index contributed by atoms with van der Waals surface area (Å²) in [6.07, 6.45) is 0.711. The fourth-order valence-corrected chi connectivity index (χ4v) is 3.84. The van der Waals surface area contributed by atoms with Crippen molar-refractivity contribution in [2.75, 3.05) is 13.1 Å². The summed E-state index contributed by atoms with van der Waals surface area (Å²) in [5.74, 6) is -5.05. The summed E-state index contributed by atoms with van der Waals surface area (Å²) in [6, 6.07) is 0.864. The maximum atomic E-state index is 13.4. The number of aromatic hydroxyl groups is 1. The standard InChI is InChI=1S/C26H42N8O8/c27-12-2-1-5-19(25(41)42)33-23(39)18(10-11-21(36)37)32-24(40)20(14-15-6-8-16(35)9-7-15)34-22(38)17(28)4-3-13-31-26(29)30/h6-9,17-20,35H,1-5,10-14,27-28H2,(H,32,40)(H,33,39)(H,34,38)(H,36,37)(H,41,42)(H4,29,30,31). The quantitative estimate of drug-likeness (QED) is 0.0439. The second-order valence-electron chi connectivity index (χ2n) is 9.66. The van der Waals surface area contributed by atoms with E-state index in [1.807, 2.05) is 0 Å². The van der Waals surface area contributed by atoms with Crippen molar-refractivity contribution in [1.29, 1.82) is 0 Å². The minimum atomic E-state index is -1.42. The molecule has 4 unspecified atom stereocenters. The van der Waals surface area contributed by atoms with Gasteiger partial charge in [0.15, 0.2) is 5.96 Å². The topological polar surface area (TPSA) is 299 Å². The maximum Gasteiger partial charge on any atom is 0.326 e. The molecule has 16 nitrogen and oxygen atoms in total. The molecule has 0 aliphatic heterocycles. The Bertz CT molecular complexity index is 1080. The van der Waals surface area contributed by atoms with Crippen LogP contribution in [0.5, 0.6) is 5.75 Å². The summed E-state index contributed by atoms with van der Waals surface area (Å²) >= 11 is 0. The van der Waals surface area contributed by atoms with Crippen LogP contribution in [0.25, 0.3) is 0 Å². The number of benzene rings is 1. The Morgan fingerprint density at radius 2 is 1.38 bits per heavy atom. The predicted molar refractivity (Wildman–Crippen MR) is 153 cm³/mol. The summed E-state index contributed by atoms with van der Waals surface area (Å²) in [5, 5.41) is 35.6. The number of carboxylic acids is 2. The minimum Gasteiger partial charge on any atom is -0.508 e. The van der Waals surface area contributed by atoms with E-state index >= 15 is 0 Å². The van der Waals surface area contributed by atoms with Crippen LogP contribution in [0.4, 0.5) is 0 Å². The van der Waals surface area contributed by atoms with E-state index in [2.05, 4.69) is 20.9 Å². The van der Waals surface area contributed by atoms with E-state index in [4.69, 9.17) is 28.0 Å². The molecular weight excluding hydrogens is 552 g/mol. The zero-order valence-electron chi connectivity index (χ0n) is 23.3. The SMILES string of the molecule is NCCCCC(NC(=O)C(CCC(=O)O)NC(=O)C(Cc1ccc(O)cc1)NC(=O)C(N)CCCN=C(N)N)C(=O)O. The fourth-order valence-electron chi connectivity index (χ4n) is 3.84. The lowest BCUT2D eigenvalue weighted by Gasteiger charge is -2.25. The first-order valence-electron chi connectivity index (χ1n) is 13.5. The highest BCUT2D eigenvalue weighted by molar-refractivity contribution is 5.94. The Labute approximate surface area is 243 Å². The molecule has 0 aromatic heterocycles. The molecule has 4 atom stereocenters. The van der Waals surface area contributed by atoms with Gasteiger partial charge in [0.05, 0.1) is 6.04 Å². The molecule has 3 amide bonds. The summed E-state index contributed by atoms with van der Waals surface area (Å²) in [7, 11) is 0. The van der Waals surface area contributed by atoms with E-state index < -0.39 is 60.2 Å². The molecule has 14 N–H and O–H groups in total. The fraction of sp³-hybridized carbons (Fsp3) is 0.538. The average Bonchev–Trinajstić information content (AvgIpc) is 2.92. The van der Waals surface area contributed by atoms with E-state index in [1.54, 1.807) is 0 Å². The molecule has 0 spiro atoms. The van der Waals surface area contributed by atoms with Gasteiger partial charge in [0.25, 0.3) is 0 Å². The number of carboxylic acid groups (broad SMARTS) is 2. The molecule has 1 rings (SSSR count). The number of aliphatic imine (C=N–C) groups is 1. The van der Waals surface area contributed by atoms with Gasteiger partial charge >= 0.3 is 11.9 Å². The van der Waals surface area contributed by atoms with Crippen LogP contribution in [0.3, 0.4) is 0 Å². The van der Waals surface area contributed by atoms with Gasteiger partial charge < -0.3 is 54.2 Å². The third kappa shape index (κ3) is 14.3. The molecule has 0 saturated heterocycles. The van der Waals surface area contributed by atoms with Gasteiger partial charge in [0, 0.05) is 19.4 Å². The summed E-state index contributed by atoms with van der Waals surface area (Å²) in [5.41, 5.74) is 22.5. The number of aliphatic carboxylic acids is 2. The lowest BCUT2D eigenvalue weighted by Crippen LogP contribution is -2.57. The van der Waals surface area contributed by atoms with Crippen LogP contribution in [-0.4, -0.2) is 88.2 Å². The minimum absolute atomic E-state index is 0.0172. The lowest BCUT2D eigenvalue weighted by atomic mass is 10.0. The molecule has 0 aliphatic rings. The molecule has 1 aromatic carbocycles. The molecule has 0 radical (unpaired) electrons. The number of amides is 3. The molecule has 234 valence electrons. The van der Waals surface area contributed by atoms with Crippen molar-refractivity contribution in [2.24, 2.45) is 27.9 Å². The molecule has 0 aliphatic carbocycles. The van der Waals surface area contributed by atoms with Crippen LogP contribution in [0.1, 0.15) is 50.5 Å². The smallest absolute Gasteiger partial charge is 0.326 e. The molecule has 0 fully saturated rings. The Kier molecular flexibility index (Phi) is 15.9. The van der Waals surface area contributed by atoms with E-state index in [-0.39, 0.29) is 43.9 Å². The van der Waals surface area contributed by atoms with E-state index in [1.165, 1.54) is 24.3 Å². The summed E-state index contributed by atoms with van der Waals surface area (Å²) < 4.78 is 0. The Morgan fingerprint density at radius 1 is 0.786 bits per heavy atom. The monoisotopic (exact) mass is 594 g/mol. The zero-order valence-corrected chi connectivity index (χ0v) is 23.3. The molecule has 16 heteroatoms. The highest BCUT2D eigenvalue weighted by atomic mass is 16.4. The average molecular weight is 595 g/mol. The number of nitrogens with zero attached hydrogens (tertiary/aromatic N) is 1. The molecule has 0 saturated carbocycles. The molecule has 1 aromatic rings. The summed E-state index contributed by atoms with van der Waals surface area (Å²) in [4.78, 5) is 65.9. The first kappa shape index (κ1) is 35.6. The van der Waals surface area contributed by atoms with Crippen molar-refractivity contribution in [3.63, 3.8) is 0 Å². The molecule has 0 bridgehead atoms. The van der Waals surface area contributed by atoms with Gasteiger partial charge in [0.2, 0.25) is 17.7 Å². The van der Waals surface area contributed by atoms with Crippen LogP contribution in [0.2, 0.25) is 0 Å². The maximum absolute atomic E-state index is 13.4. The van der Waals surface area contributed by atoms with Gasteiger partial charge in [-0.05, 0) is 62.8 Å². The number of hydrogen-bond donors (Lipinski definition) is 10. The second kappa shape index (κ2) is 18.8. The first-order chi connectivity index (χ1) is 19.8. The van der Waals surface area contributed by atoms with Crippen molar-refractivity contribution in [3.8, 4) is 5.75 Å². The van der Waals surface area contributed by atoms with Crippen LogP contribution in [0, 0.1) is 0 Å². The van der Waals surface area contributed by atoms with Gasteiger partial charge in [-0.2, -0.15) is 0 Å². The number of unbranched alkanes of at least 4 members (excludes halogenated alkanes) is 1. The number of phenolic OH excluding ortho intramolecular Hbond substituents is 1. The normalized spacial score (nSPS) is 13.6. The number of nitrogens with one attached hydrogen (secondary N) is 3. The Morgan fingerprint density at radius 3 is 1.95 bits per heavy atom. The number of hydrogen-bond acceptors (Lipinski definition) is 9. The van der Waals surface area contributed by atoms with Crippen molar-refractivity contribution < 1.29 is 39.3 Å². The van der Waals surface area contributed by atoms with Crippen LogP contribution >= 0.6 is 0 Å². The predicted octanol–water partition coefficient (Wildman–Crippen LogP) is -2.15. The lowest BCUT2D eigenvalue weighted by molar-refractivity contribution is -0.143. The Balaban J connectivity index is 3.11. The molecular formula is C26H42N8O8. The van der Waals surface area contributed by atoms with E-state index in [0.717, 1.165) is 0 Å². The van der Waals surface area contributed by atoms with Crippen LogP contribution < -0.4 is 38.9 Å². The Hall–Kier alpha value is -4.44. The number of nitrogens with two attached hydrogens (primary N) is 4. The third-order valence-corrected chi connectivity index (χ3v) is 6.15. The first-order valence-corrected chi connectivity index (χ1v) is 13.5. The van der Waals surface area contributed by atoms with Crippen molar-refractivity contribution in [3.05, 3.63) is 29.8 Å². The van der Waals surface area contributed by atoms with Gasteiger partial charge in [-0.3, -0.25) is 24.2 Å².